The van der Waals surface area contributed by atoms with Crippen molar-refractivity contribution in [3.8, 4) is 0 Å². The van der Waals surface area contributed by atoms with E-state index in [2.05, 4.69) is 15.6 Å². The summed E-state index contributed by atoms with van der Waals surface area (Å²) in [5.41, 5.74) is -0.575. The quantitative estimate of drug-likeness (QED) is 0.186. The number of carbonyl (C=O) groups excluding carboxylic acids is 1. The van der Waals surface area contributed by atoms with Gasteiger partial charge in [0.2, 0.25) is 5.91 Å². The molecule has 0 bridgehead atoms. The molecule has 1 aromatic carbocycles. The fraction of sp³-hybridized carbons (Fsp3) is 0.429. The second kappa shape index (κ2) is 11.1. The average molecular weight is 498 g/mol. The van der Waals surface area contributed by atoms with Crippen LogP contribution in [0, 0.1) is 17.5 Å². The number of rotatable bonds is 6. The third-order valence-corrected chi connectivity index (χ3v) is 2.74. The number of amides is 1. The van der Waals surface area contributed by atoms with Crippen LogP contribution < -0.4 is 16.0 Å². The number of alkyl halides is 3. The third kappa shape index (κ3) is 8.58. The van der Waals surface area contributed by atoms with Crippen LogP contribution in [0.4, 0.5) is 32.0 Å². The molecule has 0 aliphatic carbocycles. The van der Waals surface area contributed by atoms with Crippen molar-refractivity contribution in [2.45, 2.75) is 19.5 Å². The van der Waals surface area contributed by atoms with Crippen molar-refractivity contribution in [3.63, 3.8) is 0 Å². The predicted octanol–water partition coefficient (Wildman–Crippen LogP) is 3.17. The maximum absolute atomic E-state index is 13.4. The number of hydrogen-bond acceptors (Lipinski definition) is 2. The van der Waals surface area contributed by atoms with E-state index in [9.17, 15) is 31.1 Å². The van der Waals surface area contributed by atoms with Crippen LogP contribution in [0.1, 0.15) is 13.3 Å². The number of nitrogens with one attached hydrogen (secondary N) is 3. The Labute approximate surface area is 162 Å². The molecule has 0 saturated carbocycles. The number of benzene rings is 1. The van der Waals surface area contributed by atoms with Gasteiger partial charge in [0.05, 0.1) is 12.1 Å². The van der Waals surface area contributed by atoms with Crippen molar-refractivity contribution in [1.29, 1.82) is 0 Å². The normalized spacial score (nSPS) is 11.6. The largest absolute Gasteiger partial charge is 0.390 e. The van der Waals surface area contributed by atoms with Crippen LogP contribution in [0.25, 0.3) is 0 Å². The Morgan fingerprint density at radius 2 is 1.77 bits per heavy atom. The fourth-order valence-corrected chi connectivity index (χ4v) is 1.63. The first-order chi connectivity index (χ1) is 11.6. The van der Waals surface area contributed by atoms with Gasteiger partial charge in [-0.25, -0.2) is 18.2 Å². The zero-order valence-corrected chi connectivity index (χ0v) is 15.8. The lowest BCUT2D eigenvalue weighted by Crippen LogP contribution is -2.39. The van der Waals surface area contributed by atoms with Crippen molar-refractivity contribution < 1.29 is 31.1 Å². The summed E-state index contributed by atoms with van der Waals surface area (Å²) in [5.74, 6) is -5.61. The lowest BCUT2D eigenvalue weighted by Gasteiger charge is -2.12. The van der Waals surface area contributed by atoms with E-state index in [1.807, 2.05) is 5.32 Å². The van der Waals surface area contributed by atoms with Crippen LogP contribution in [-0.2, 0) is 4.79 Å². The highest BCUT2D eigenvalue weighted by atomic mass is 127. The Balaban J connectivity index is 0.00000625. The minimum absolute atomic E-state index is 0. The number of halogens is 7. The van der Waals surface area contributed by atoms with Gasteiger partial charge in [0.15, 0.2) is 23.4 Å². The van der Waals surface area contributed by atoms with Crippen LogP contribution in [0.3, 0.4) is 0 Å². The number of hydrogen-bond donors (Lipinski definition) is 3. The Kier molecular flexibility index (Phi) is 10.3. The molecular formula is C14H17F6IN4O. The lowest BCUT2D eigenvalue weighted by atomic mass is 10.3. The summed E-state index contributed by atoms with van der Waals surface area (Å²) in [6.45, 7) is 0.976. The van der Waals surface area contributed by atoms with Gasteiger partial charge in [-0.2, -0.15) is 13.2 Å². The van der Waals surface area contributed by atoms with E-state index >= 15 is 0 Å². The summed E-state index contributed by atoms with van der Waals surface area (Å²) in [4.78, 5) is 15.4. The van der Waals surface area contributed by atoms with Gasteiger partial charge in [0.1, 0.15) is 6.54 Å². The zero-order chi connectivity index (χ0) is 19.0. The molecule has 1 aromatic rings. The Bertz CT molecular complexity index is 639. The summed E-state index contributed by atoms with van der Waals surface area (Å²) < 4.78 is 75.5. The van der Waals surface area contributed by atoms with Crippen LogP contribution in [-0.4, -0.2) is 37.7 Å². The molecular weight excluding hydrogens is 481 g/mol. The molecule has 5 nitrogen and oxygen atoms in total. The molecule has 0 saturated heterocycles. The summed E-state index contributed by atoms with van der Waals surface area (Å²) >= 11 is 0. The molecule has 12 heteroatoms. The summed E-state index contributed by atoms with van der Waals surface area (Å²) in [7, 11) is 0. The molecule has 3 N–H and O–H groups in total. The molecule has 0 aromatic heterocycles. The first kappa shape index (κ1) is 24.3. The van der Waals surface area contributed by atoms with Gasteiger partial charge < -0.3 is 16.0 Å². The van der Waals surface area contributed by atoms with Crippen molar-refractivity contribution in [1.82, 2.24) is 10.6 Å². The fourth-order valence-electron chi connectivity index (χ4n) is 1.63. The lowest BCUT2D eigenvalue weighted by molar-refractivity contribution is -0.132. The van der Waals surface area contributed by atoms with Crippen molar-refractivity contribution >= 4 is 41.5 Å². The van der Waals surface area contributed by atoms with Gasteiger partial charge in [0.25, 0.3) is 0 Å². The standard InChI is InChI=1S/C14H16F6N4O.HI/c1-2-21-13(22-6-5-14(18,19)20)23-7-10(25)24-9-4-3-8(15)11(16)12(9)17;/h3-4H,2,5-7H2,1H3,(H,24,25)(H2,21,22,23);1H. The molecule has 1 amide bonds. The summed E-state index contributed by atoms with van der Waals surface area (Å²) in [6.07, 6.45) is -5.43. The van der Waals surface area contributed by atoms with E-state index in [1.165, 1.54) is 0 Å². The van der Waals surface area contributed by atoms with E-state index in [0.29, 0.717) is 12.6 Å². The van der Waals surface area contributed by atoms with E-state index in [0.717, 1.165) is 6.07 Å². The molecule has 0 atom stereocenters. The minimum Gasteiger partial charge on any atom is -0.357 e. The van der Waals surface area contributed by atoms with Gasteiger partial charge in [-0.15, -0.1) is 24.0 Å². The Hall–Kier alpha value is -1.73. The first-order valence-electron chi connectivity index (χ1n) is 7.16. The molecule has 0 heterocycles. The average Bonchev–Trinajstić information content (AvgIpc) is 2.52. The Morgan fingerprint density at radius 3 is 2.35 bits per heavy atom. The van der Waals surface area contributed by atoms with E-state index in [1.54, 1.807) is 6.92 Å². The SMILES string of the molecule is CCNC(=NCC(=O)Nc1ccc(F)c(F)c1F)NCCC(F)(F)F.I. The number of aliphatic imine (C=N–C) groups is 1. The predicted molar refractivity (Wildman–Crippen MR) is 95.0 cm³/mol. The number of anilines is 1. The summed E-state index contributed by atoms with van der Waals surface area (Å²) in [6, 6.07) is 1.47. The van der Waals surface area contributed by atoms with Crippen LogP contribution >= 0.6 is 24.0 Å². The van der Waals surface area contributed by atoms with Gasteiger partial charge in [-0.05, 0) is 19.1 Å². The highest BCUT2D eigenvalue weighted by molar-refractivity contribution is 14.0. The first-order valence-corrected chi connectivity index (χ1v) is 7.16. The summed E-state index contributed by atoms with van der Waals surface area (Å²) in [5, 5.41) is 7.00. The number of nitrogens with zero attached hydrogens (tertiary/aromatic N) is 1. The molecule has 0 aliphatic rings. The molecule has 0 unspecified atom stereocenters. The van der Waals surface area contributed by atoms with Crippen LogP contribution in [0.5, 0.6) is 0 Å². The maximum atomic E-state index is 13.4. The van der Waals surface area contributed by atoms with Gasteiger partial charge >= 0.3 is 6.18 Å². The molecule has 0 fully saturated rings. The molecule has 26 heavy (non-hydrogen) atoms. The number of carbonyl (C=O) groups is 1. The molecule has 0 aliphatic heterocycles. The topological polar surface area (TPSA) is 65.5 Å². The third-order valence-electron chi connectivity index (χ3n) is 2.74. The van der Waals surface area contributed by atoms with E-state index in [-0.39, 0.29) is 29.9 Å². The van der Waals surface area contributed by atoms with Gasteiger partial charge in [0, 0.05) is 13.1 Å². The smallest absolute Gasteiger partial charge is 0.357 e. The Morgan fingerprint density at radius 1 is 1.12 bits per heavy atom. The molecule has 0 spiro atoms. The van der Waals surface area contributed by atoms with Gasteiger partial charge in [-0.1, -0.05) is 0 Å². The monoisotopic (exact) mass is 498 g/mol. The zero-order valence-electron chi connectivity index (χ0n) is 13.5. The highest BCUT2D eigenvalue weighted by Crippen LogP contribution is 2.19. The van der Waals surface area contributed by atoms with Crippen molar-refractivity contribution in [2.24, 2.45) is 4.99 Å². The highest BCUT2D eigenvalue weighted by Gasteiger charge is 2.26. The number of guanidine groups is 1. The van der Waals surface area contributed by atoms with Gasteiger partial charge in [-0.3, -0.25) is 4.79 Å². The van der Waals surface area contributed by atoms with Crippen molar-refractivity contribution in [3.05, 3.63) is 29.6 Å². The van der Waals surface area contributed by atoms with Crippen LogP contribution in [0.15, 0.2) is 17.1 Å². The minimum atomic E-state index is -4.34. The molecule has 148 valence electrons. The van der Waals surface area contributed by atoms with E-state index < -0.39 is 54.7 Å². The molecule has 0 radical (unpaired) electrons. The van der Waals surface area contributed by atoms with Crippen LogP contribution in [0.2, 0.25) is 0 Å². The van der Waals surface area contributed by atoms with Crippen molar-refractivity contribution in [2.75, 3.05) is 25.0 Å². The molecule has 1 rings (SSSR count). The van der Waals surface area contributed by atoms with E-state index in [4.69, 9.17) is 0 Å². The maximum Gasteiger partial charge on any atom is 0.390 e. The second-order valence-corrected chi connectivity index (χ2v) is 4.76. The second-order valence-electron chi connectivity index (χ2n) is 4.76.